The molecular formula is C5H7N3OS. The van der Waals surface area contributed by atoms with Gasteiger partial charge in [0.1, 0.15) is 0 Å². The molecule has 0 unspecified atom stereocenters. The van der Waals surface area contributed by atoms with Crippen LogP contribution in [0.5, 0.6) is 0 Å². The Morgan fingerprint density at radius 1 is 1.80 bits per heavy atom. The summed E-state index contributed by atoms with van der Waals surface area (Å²) in [6, 6.07) is 0. The summed E-state index contributed by atoms with van der Waals surface area (Å²) in [7, 11) is 0. The number of aromatic nitrogens is 2. The molecule has 0 bridgehead atoms. The Hall–Kier alpha value is -1.10. The maximum atomic E-state index is 10.3. The summed E-state index contributed by atoms with van der Waals surface area (Å²) in [4.78, 5) is 15.8. The molecule has 0 aliphatic carbocycles. The molecule has 1 rings (SSSR count). The lowest BCUT2D eigenvalue weighted by molar-refractivity contribution is -0.117. The highest BCUT2D eigenvalue weighted by atomic mass is 32.1. The van der Waals surface area contributed by atoms with Gasteiger partial charge in [0.15, 0.2) is 4.77 Å². The normalized spacial score (nSPS) is 9.60. The second-order valence-corrected chi connectivity index (χ2v) is 2.32. The Bertz CT molecular complexity index is 287. The molecule has 0 atom stereocenters. The summed E-state index contributed by atoms with van der Waals surface area (Å²) in [6.45, 7) is 0. The SMILES string of the molecule is NC(=O)Cc1c[nH]c(=S)[nH]1. The zero-order valence-corrected chi connectivity index (χ0v) is 5.99. The molecule has 0 aliphatic rings. The number of primary amides is 1. The number of carbonyl (C=O) groups is 1. The number of hydrogen-bond acceptors (Lipinski definition) is 2. The minimum absolute atomic E-state index is 0.202. The van der Waals surface area contributed by atoms with Crippen molar-refractivity contribution in [3.05, 3.63) is 16.7 Å². The van der Waals surface area contributed by atoms with Gasteiger partial charge in [-0.3, -0.25) is 4.79 Å². The largest absolute Gasteiger partial charge is 0.369 e. The third-order valence-electron chi connectivity index (χ3n) is 1.02. The van der Waals surface area contributed by atoms with Gasteiger partial charge in [-0.1, -0.05) is 0 Å². The van der Waals surface area contributed by atoms with Crippen LogP contribution in [0.2, 0.25) is 0 Å². The van der Waals surface area contributed by atoms with Crippen molar-refractivity contribution in [2.75, 3.05) is 0 Å². The first kappa shape index (κ1) is 7.01. The second-order valence-electron chi connectivity index (χ2n) is 1.91. The van der Waals surface area contributed by atoms with Gasteiger partial charge in [0.25, 0.3) is 0 Å². The molecule has 0 saturated carbocycles. The van der Waals surface area contributed by atoms with E-state index in [1.165, 1.54) is 0 Å². The molecule has 0 spiro atoms. The molecule has 1 amide bonds. The van der Waals surface area contributed by atoms with Crippen LogP contribution in [0.4, 0.5) is 0 Å². The fourth-order valence-corrected chi connectivity index (χ4v) is 0.844. The summed E-state index contributed by atoms with van der Waals surface area (Å²) in [5.74, 6) is -0.370. The second kappa shape index (κ2) is 2.66. The molecule has 10 heavy (non-hydrogen) atoms. The predicted molar refractivity (Wildman–Crippen MR) is 38.9 cm³/mol. The maximum Gasteiger partial charge on any atom is 0.223 e. The molecule has 0 radical (unpaired) electrons. The van der Waals surface area contributed by atoms with Crippen LogP contribution in [-0.2, 0) is 11.2 Å². The van der Waals surface area contributed by atoms with Gasteiger partial charge in [-0.25, -0.2) is 0 Å². The van der Waals surface area contributed by atoms with Crippen molar-refractivity contribution in [2.45, 2.75) is 6.42 Å². The van der Waals surface area contributed by atoms with E-state index in [9.17, 15) is 4.79 Å². The smallest absolute Gasteiger partial charge is 0.223 e. The molecule has 54 valence electrons. The van der Waals surface area contributed by atoms with E-state index in [1.54, 1.807) is 6.20 Å². The number of rotatable bonds is 2. The van der Waals surface area contributed by atoms with Crippen LogP contribution >= 0.6 is 12.2 Å². The van der Waals surface area contributed by atoms with Crippen LogP contribution < -0.4 is 5.73 Å². The zero-order chi connectivity index (χ0) is 7.56. The first-order chi connectivity index (χ1) is 4.68. The molecule has 0 aromatic carbocycles. The highest BCUT2D eigenvalue weighted by Gasteiger charge is 1.97. The fraction of sp³-hybridized carbons (Fsp3) is 0.200. The average molecular weight is 157 g/mol. The minimum atomic E-state index is -0.370. The van der Waals surface area contributed by atoms with Crippen LogP contribution in [0.25, 0.3) is 0 Å². The molecule has 5 heteroatoms. The maximum absolute atomic E-state index is 10.3. The van der Waals surface area contributed by atoms with Crippen LogP contribution in [0.3, 0.4) is 0 Å². The summed E-state index contributed by atoms with van der Waals surface area (Å²) < 4.78 is 0.510. The number of hydrogen-bond donors (Lipinski definition) is 3. The topological polar surface area (TPSA) is 74.7 Å². The van der Waals surface area contributed by atoms with Gasteiger partial charge < -0.3 is 15.7 Å². The highest BCUT2D eigenvalue weighted by molar-refractivity contribution is 7.71. The van der Waals surface area contributed by atoms with E-state index in [4.69, 9.17) is 18.0 Å². The number of aromatic amines is 2. The molecule has 0 aliphatic heterocycles. The third-order valence-corrected chi connectivity index (χ3v) is 1.24. The van der Waals surface area contributed by atoms with Gasteiger partial charge in [-0.15, -0.1) is 0 Å². The van der Waals surface area contributed by atoms with Gasteiger partial charge in [0.2, 0.25) is 5.91 Å². The molecule has 1 aromatic heterocycles. The lowest BCUT2D eigenvalue weighted by atomic mass is 10.3. The van der Waals surface area contributed by atoms with Gasteiger partial charge >= 0.3 is 0 Å². The van der Waals surface area contributed by atoms with Crippen LogP contribution in [0.1, 0.15) is 5.69 Å². The number of carbonyl (C=O) groups excluding carboxylic acids is 1. The van der Waals surface area contributed by atoms with Crippen molar-refractivity contribution in [2.24, 2.45) is 5.73 Å². The van der Waals surface area contributed by atoms with Crippen molar-refractivity contribution in [3.63, 3.8) is 0 Å². The highest BCUT2D eigenvalue weighted by Crippen LogP contribution is 1.92. The summed E-state index contributed by atoms with van der Waals surface area (Å²) in [5, 5.41) is 0. The summed E-state index contributed by atoms with van der Waals surface area (Å²) in [5.41, 5.74) is 5.65. The van der Waals surface area contributed by atoms with Crippen molar-refractivity contribution in [1.82, 2.24) is 9.97 Å². The Morgan fingerprint density at radius 3 is 2.90 bits per heavy atom. The zero-order valence-electron chi connectivity index (χ0n) is 5.18. The van der Waals surface area contributed by atoms with E-state index in [2.05, 4.69) is 9.97 Å². The fourth-order valence-electron chi connectivity index (χ4n) is 0.654. The third kappa shape index (κ3) is 1.70. The Kier molecular flexibility index (Phi) is 1.86. The number of imidazole rings is 1. The Labute approximate surface area is 62.5 Å². The predicted octanol–water partition coefficient (Wildman–Crippen LogP) is 0.100. The quantitative estimate of drug-likeness (QED) is 0.532. The van der Waals surface area contributed by atoms with Crippen LogP contribution in [-0.4, -0.2) is 15.9 Å². The number of amides is 1. The van der Waals surface area contributed by atoms with Gasteiger partial charge in [-0.2, -0.15) is 0 Å². The lowest BCUT2D eigenvalue weighted by Crippen LogP contribution is -2.13. The molecule has 0 fully saturated rings. The first-order valence-corrected chi connectivity index (χ1v) is 3.14. The molecular weight excluding hydrogens is 150 g/mol. The number of nitrogens with one attached hydrogen (secondary N) is 2. The molecule has 0 saturated heterocycles. The Balaban J connectivity index is 2.76. The monoisotopic (exact) mass is 157 g/mol. The summed E-state index contributed by atoms with van der Waals surface area (Å²) >= 11 is 4.72. The number of H-pyrrole nitrogens is 2. The standard InChI is InChI=1S/C5H7N3OS/c6-4(9)1-3-2-7-5(10)8-3/h2H,1H2,(H2,6,9)(H2,7,8,10). The molecule has 1 aromatic rings. The van der Waals surface area contributed by atoms with Gasteiger partial charge in [0.05, 0.1) is 6.42 Å². The van der Waals surface area contributed by atoms with Crippen molar-refractivity contribution in [3.8, 4) is 0 Å². The van der Waals surface area contributed by atoms with E-state index < -0.39 is 0 Å². The van der Waals surface area contributed by atoms with E-state index in [0.717, 1.165) is 5.69 Å². The lowest BCUT2D eigenvalue weighted by Gasteiger charge is -1.87. The molecule has 4 N–H and O–H groups in total. The minimum Gasteiger partial charge on any atom is -0.369 e. The van der Waals surface area contributed by atoms with E-state index in [1.807, 2.05) is 0 Å². The molecule has 4 nitrogen and oxygen atoms in total. The van der Waals surface area contributed by atoms with E-state index >= 15 is 0 Å². The van der Waals surface area contributed by atoms with Gasteiger partial charge in [-0.05, 0) is 12.2 Å². The first-order valence-electron chi connectivity index (χ1n) is 2.73. The average Bonchev–Trinajstić information content (AvgIpc) is 2.13. The Morgan fingerprint density at radius 2 is 2.50 bits per heavy atom. The van der Waals surface area contributed by atoms with Crippen LogP contribution in [0, 0.1) is 4.77 Å². The van der Waals surface area contributed by atoms with Crippen molar-refractivity contribution in [1.29, 1.82) is 0 Å². The summed E-state index contributed by atoms with van der Waals surface area (Å²) in [6.07, 6.45) is 1.83. The van der Waals surface area contributed by atoms with Crippen molar-refractivity contribution >= 4 is 18.1 Å². The number of nitrogens with two attached hydrogens (primary N) is 1. The van der Waals surface area contributed by atoms with Crippen molar-refractivity contribution < 1.29 is 4.79 Å². The van der Waals surface area contributed by atoms with Crippen LogP contribution in [0.15, 0.2) is 6.20 Å². The van der Waals surface area contributed by atoms with E-state index in [0.29, 0.717) is 4.77 Å². The molecule has 1 heterocycles. The van der Waals surface area contributed by atoms with E-state index in [-0.39, 0.29) is 12.3 Å². The van der Waals surface area contributed by atoms with Gasteiger partial charge in [0, 0.05) is 11.9 Å².